The van der Waals surface area contributed by atoms with Gasteiger partial charge in [-0.05, 0) is 46.5 Å². The SMILES string of the molecule is C/C=C\c1c(C)ccc2c1ccc1ccccc12. The Balaban J connectivity index is 2.50. The Hall–Kier alpha value is -2.08. The van der Waals surface area contributed by atoms with Crippen molar-refractivity contribution in [1.29, 1.82) is 0 Å². The molecule has 88 valence electrons. The van der Waals surface area contributed by atoms with Crippen molar-refractivity contribution < 1.29 is 0 Å². The second kappa shape index (κ2) is 4.30. The molecule has 0 radical (unpaired) electrons. The van der Waals surface area contributed by atoms with Gasteiger partial charge in [-0.25, -0.2) is 0 Å². The van der Waals surface area contributed by atoms with E-state index in [9.17, 15) is 0 Å². The molecule has 0 aliphatic heterocycles. The summed E-state index contributed by atoms with van der Waals surface area (Å²) in [6, 6.07) is 17.5. The summed E-state index contributed by atoms with van der Waals surface area (Å²) in [4.78, 5) is 0. The van der Waals surface area contributed by atoms with Crippen LogP contribution >= 0.6 is 0 Å². The summed E-state index contributed by atoms with van der Waals surface area (Å²) in [5, 5.41) is 5.32. The fraction of sp³-hybridized carbons (Fsp3) is 0.111. The van der Waals surface area contributed by atoms with Crippen LogP contribution in [0, 0.1) is 6.92 Å². The van der Waals surface area contributed by atoms with E-state index in [0.717, 1.165) is 0 Å². The van der Waals surface area contributed by atoms with Crippen LogP contribution in [0.25, 0.3) is 27.6 Å². The van der Waals surface area contributed by atoms with E-state index in [1.165, 1.54) is 32.7 Å². The van der Waals surface area contributed by atoms with Crippen LogP contribution < -0.4 is 0 Å². The second-order valence-corrected chi connectivity index (χ2v) is 4.68. The first-order chi connectivity index (χ1) is 8.81. The Morgan fingerprint density at radius 1 is 0.778 bits per heavy atom. The van der Waals surface area contributed by atoms with Crippen molar-refractivity contribution in [3.63, 3.8) is 0 Å². The first-order valence-electron chi connectivity index (χ1n) is 6.35. The summed E-state index contributed by atoms with van der Waals surface area (Å²) in [7, 11) is 0. The van der Waals surface area contributed by atoms with Crippen LogP contribution in [0.4, 0.5) is 0 Å². The molecule has 0 heteroatoms. The summed E-state index contributed by atoms with van der Waals surface area (Å²) in [6.45, 7) is 4.24. The van der Waals surface area contributed by atoms with Crippen molar-refractivity contribution in [3.05, 3.63) is 65.7 Å². The monoisotopic (exact) mass is 232 g/mol. The van der Waals surface area contributed by atoms with Gasteiger partial charge in [0, 0.05) is 0 Å². The van der Waals surface area contributed by atoms with Crippen molar-refractivity contribution in [2.24, 2.45) is 0 Å². The van der Waals surface area contributed by atoms with E-state index in [-0.39, 0.29) is 0 Å². The lowest BCUT2D eigenvalue weighted by Crippen LogP contribution is -1.85. The van der Waals surface area contributed by atoms with Crippen LogP contribution in [0.15, 0.2) is 54.6 Å². The average molecular weight is 232 g/mol. The first kappa shape index (κ1) is 11.0. The Morgan fingerprint density at radius 3 is 2.39 bits per heavy atom. The second-order valence-electron chi connectivity index (χ2n) is 4.68. The fourth-order valence-electron chi connectivity index (χ4n) is 2.61. The minimum absolute atomic E-state index is 1.31. The molecular formula is C18H16. The topological polar surface area (TPSA) is 0 Å². The summed E-state index contributed by atoms with van der Waals surface area (Å²) in [5.41, 5.74) is 2.66. The predicted molar refractivity (Wildman–Crippen MR) is 80.9 cm³/mol. The quantitative estimate of drug-likeness (QED) is 0.497. The minimum atomic E-state index is 1.31. The van der Waals surface area contributed by atoms with Crippen LogP contribution in [-0.2, 0) is 0 Å². The molecule has 0 heterocycles. The number of aryl methyl sites for hydroxylation is 1. The molecule has 0 aromatic heterocycles. The van der Waals surface area contributed by atoms with E-state index in [1.54, 1.807) is 0 Å². The molecule has 0 fully saturated rings. The molecule has 3 aromatic carbocycles. The van der Waals surface area contributed by atoms with E-state index in [2.05, 4.69) is 74.5 Å². The van der Waals surface area contributed by atoms with Crippen molar-refractivity contribution in [1.82, 2.24) is 0 Å². The summed E-state index contributed by atoms with van der Waals surface area (Å²) < 4.78 is 0. The first-order valence-corrected chi connectivity index (χ1v) is 6.35. The van der Waals surface area contributed by atoms with E-state index in [1.807, 2.05) is 0 Å². The molecule has 3 aromatic rings. The lowest BCUT2D eigenvalue weighted by molar-refractivity contribution is 1.48. The third-order valence-electron chi connectivity index (χ3n) is 3.52. The largest absolute Gasteiger partial charge is 0.0870 e. The molecule has 18 heavy (non-hydrogen) atoms. The number of hydrogen-bond donors (Lipinski definition) is 0. The molecule has 3 rings (SSSR count). The molecule has 0 nitrogen and oxygen atoms in total. The van der Waals surface area contributed by atoms with Crippen LogP contribution in [-0.4, -0.2) is 0 Å². The maximum Gasteiger partial charge on any atom is -0.00992 e. The van der Waals surface area contributed by atoms with Crippen molar-refractivity contribution >= 4 is 27.6 Å². The maximum atomic E-state index is 2.24. The maximum absolute atomic E-state index is 2.24. The normalized spacial score (nSPS) is 11.7. The molecule has 0 unspecified atom stereocenters. The van der Waals surface area contributed by atoms with Gasteiger partial charge in [0.05, 0.1) is 0 Å². The number of fused-ring (bicyclic) bond motifs is 3. The number of allylic oxidation sites excluding steroid dienone is 1. The highest BCUT2D eigenvalue weighted by molar-refractivity contribution is 6.10. The molecule has 0 saturated carbocycles. The van der Waals surface area contributed by atoms with Crippen molar-refractivity contribution in [2.45, 2.75) is 13.8 Å². The van der Waals surface area contributed by atoms with Crippen LogP contribution in [0.1, 0.15) is 18.1 Å². The molecule has 0 N–H and O–H groups in total. The zero-order valence-electron chi connectivity index (χ0n) is 10.8. The molecule has 0 spiro atoms. The molecule has 0 atom stereocenters. The number of hydrogen-bond acceptors (Lipinski definition) is 0. The lowest BCUT2D eigenvalue weighted by Gasteiger charge is -2.09. The minimum Gasteiger partial charge on any atom is -0.0870 e. The molecule has 0 saturated heterocycles. The van der Waals surface area contributed by atoms with E-state index < -0.39 is 0 Å². The molecular weight excluding hydrogens is 216 g/mol. The number of rotatable bonds is 1. The number of benzene rings is 3. The lowest BCUT2D eigenvalue weighted by atomic mass is 9.95. The third kappa shape index (κ3) is 1.62. The van der Waals surface area contributed by atoms with Crippen molar-refractivity contribution in [2.75, 3.05) is 0 Å². The highest BCUT2D eigenvalue weighted by Crippen LogP contribution is 2.30. The van der Waals surface area contributed by atoms with Gasteiger partial charge in [-0.3, -0.25) is 0 Å². The Morgan fingerprint density at radius 2 is 1.56 bits per heavy atom. The predicted octanol–water partition coefficient (Wildman–Crippen LogP) is 5.33. The highest BCUT2D eigenvalue weighted by atomic mass is 14.1. The van der Waals surface area contributed by atoms with Crippen LogP contribution in [0.5, 0.6) is 0 Å². The highest BCUT2D eigenvalue weighted by Gasteiger charge is 2.04. The van der Waals surface area contributed by atoms with Gasteiger partial charge in [0.15, 0.2) is 0 Å². The third-order valence-corrected chi connectivity index (χ3v) is 3.52. The molecule has 0 bridgehead atoms. The summed E-state index contributed by atoms with van der Waals surface area (Å²) in [5.74, 6) is 0. The van der Waals surface area contributed by atoms with Gasteiger partial charge in [0.2, 0.25) is 0 Å². The zero-order chi connectivity index (χ0) is 12.5. The Labute approximate surface area is 108 Å². The van der Waals surface area contributed by atoms with Gasteiger partial charge in [0.25, 0.3) is 0 Å². The van der Waals surface area contributed by atoms with E-state index >= 15 is 0 Å². The molecule has 0 aliphatic rings. The fourth-order valence-corrected chi connectivity index (χ4v) is 2.61. The van der Waals surface area contributed by atoms with Crippen LogP contribution in [0.2, 0.25) is 0 Å². The van der Waals surface area contributed by atoms with Gasteiger partial charge >= 0.3 is 0 Å². The summed E-state index contributed by atoms with van der Waals surface area (Å²) in [6.07, 6.45) is 4.31. The van der Waals surface area contributed by atoms with E-state index in [0.29, 0.717) is 0 Å². The van der Waals surface area contributed by atoms with Gasteiger partial charge in [0.1, 0.15) is 0 Å². The smallest absolute Gasteiger partial charge is 0.00992 e. The molecule has 0 amide bonds. The van der Waals surface area contributed by atoms with Gasteiger partial charge in [-0.15, -0.1) is 0 Å². The molecule has 0 aliphatic carbocycles. The van der Waals surface area contributed by atoms with E-state index in [4.69, 9.17) is 0 Å². The van der Waals surface area contributed by atoms with Crippen LogP contribution in [0.3, 0.4) is 0 Å². The Kier molecular flexibility index (Phi) is 2.64. The van der Waals surface area contributed by atoms with Gasteiger partial charge < -0.3 is 0 Å². The standard InChI is InChI=1S/C18H16/c1-3-6-15-13(2)9-11-18-16-8-5-4-7-14(16)10-12-17(15)18/h3-12H,1-2H3/b6-3-. The van der Waals surface area contributed by atoms with Crippen molar-refractivity contribution in [3.8, 4) is 0 Å². The van der Waals surface area contributed by atoms with Gasteiger partial charge in [-0.1, -0.05) is 60.7 Å². The zero-order valence-corrected chi connectivity index (χ0v) is 10.8. The average Bonchev–Trinajstić information content (AvgIpc) is 2.41. The Bertz CT molecular complexity index is 748. The summed E-state index contributed by atoms with van der Waals surface area (Å²) >= 11 is 0. The van der Waals surface area contributed by atoms with Gasteiger partial charge in [-0.2, -0.15) is 0 Å².